The van der Waals surface area contributed by atoms with E-state index >= 15 is 0 Å². The van der Waals surface area contributed by atoms with Crippen LogP contribution in [-0.2, 0) is 19.1 Å². The largest absolute Gasteiger partial charge is 0.462 e. The van der Waals surface area contributed by atoms with Gasteiger partial charge >= 0.3 is 24.3 Å². The second-order valence-electron chi connectivity index (χ2n) is 4.35. The third-order valence-corrected chi connectivity index (χ3v) is 2.57. The van der Waals surface area contributed by atoms with Gasteiger partial charge in [0.25, 0.3) is 0 Å². The Morgan fingerprint density at radius 2 is 0.962 bits per heavy atom. The zero-order valence-corrected chi connectivity index (χ0v) is 12.8. The van der Waals surface area contributed by atoms with Crippen molar-refractivity contribution in [2.75, 3.05) is 13.2 Å². The van der Waals surface area contributed by atoms with Gasteiger partial charge in [-0.1, -0.05) is 0 Å². The van der Waals surface area contributed by atoms with Gasteiger partial charge in [-0.25, -0.2) is 9.59 Å². The molecule has 0 saturated carbocycles. The summed E-state index contributed by atoms with van der Waals surface area (Å²) in [6.07, 6.45) is -4.57. The zero-order chi connectivity index (χ0) is 20.3. The van der Waals surface area contributed by atoms with Crippen molar-refractivity contribution in [2.45, 2.75) is 25.2 Å². The maximum atomic E-state index is 11.2. The normalized spacial score (nSPS) is 10.7. The molecular weight excluding hydrogens is 368 g/mol. The van der Waals surface area contributed by atoms with E-state index in [1.807, 2.05) is 0 Å². The molecule has 0 N–H and O–H groups in total. The molecule has 0 unspecified atom stereocenters. The van der Waals surface area contributed by atoms with Crippen LogP contribution in [0.5, 0.6) is 0 Å². The van der Waals surface area contributed by atoms with Gasteiger partial charge in [0.1, 0.15) is 26.1 Å². The summed E-state index contributed by atoms with van der Waals surface area (Å²) in [6, 6.07) is 0. The van der Waals surface area contributed by atoms with Gasteiger partial charge < -0.3 is 9.47 Å². The molecule has 16 heteroatoms. The van der Waals surface area contributed by atoms with Crippen molar-refractivity contribution in [3.05, 3.63) is 52.6 Å². The van der Waals surface area contributed by atoms with Crippen molar-refractivity contribution in [1.82, 2.24) is 0 Å². The van der Waals surface area contributed by atoms with Crippen molar-refractivity contribution in [3.63, 3.8) is 0 Å². The lowest BCUT2D eigenvalue weighted by Gasteiger charge is -2.03. The molecule has 16 nitrogen and oxygen atoms in total. The number of hydrogen-bond acceptors (Lipinski definition) is 12. The second-order valence-corrected chi connectivity index (χ2v) is 4.35. The molecule has 0 bridgehead atoms. The van der Waals surface area contributed by atoms with E-state index in [4.69, 9.17) is 0 Å². The number of carbonyl (C=O) groups is 2. The fourth-order valence-electron chi connectivity index (χ4n) is 1.34. The number of nitro groups is 4. The van der Waals surface area contributed by atoms with Crippen molar-refractivity contribution < 1.29 is 38.8 Å². The molecule has 0 saturated heterocycles. The Bertz CT molecular complexity index is 537. The molecule has 0 aliphatic rings. The Labute approximate surface area is 142 Å². The van der Waals surface area contributed by atoms with E-state index in [1.54, 1.807) is 0 Å². The van der Waals surface area contributed by atoms with Crippen LogP contribution in [0.2, 0.25) is 0 Å². The minimum Gasteiger partial charge on any atom is -0.462 e. The molecule has 144 valence electrons. The fraction of sp³-hybridized carbons (Fsp3) is 0.600. The molecule has 0 fully saturated rings. The maximum Gasteiger partial charge on any atom is 0.454 e. The molecule has 0 spiro atoms. The summed E-state index contributed by atoms with van der Waals surface area (Å²) in [5, 5.41) is 41.3. The van der Waals surface area contributed by atoms with E-state index in [0.717, 1.165) is 0 Å². The Hall–Kier alpha value is -3.72. The van der Waals surface area contributed by atoms with Crippen LogP contribution in [0.15, 0.2) is 12.2 Å². The molecule has 0 aliphatic heterocycles. The first-order valence-corrected chi connectivity index (χ1v) is 6.61. The SMILES string of the molecule is O=C(C=CC(=O)OCCC([N+](=O)[O-])[N+](=O)[O-])OCCC([N+](=O)[O-])[N+](=O)[O-]. The van der Waals surface area contributed by atoms with Gasteiger partial charge in [-0.2, -0.15) is 0 Å². The number of carbonyl (C=O) groups excluding carboxylic acids is 2. The van der Waals surface area contributed by atoms with Gasteiger partial charge in [-0.05, 0) is 0 Å². The van der Waals surface area contributed by atoms with Crippen LogP contribution in [0.25, 0.3) is 0 Å². The molecule has 0 aromatic rings. The monoisotopic (exact) mass is 380 g/mol. The summed E-state index contributed by atoms with van der Waals surface area (Å²) < 4.78 is 8.82. The van der Waals surface area contributed by atoms with Crippen LogP contribution in [0.4, 0.5) is 0 Å². The van der Waals surface area contributed by atoms with Gasteiger partial charge in [0.05, 0.1) is 19.7 Å². The quantitative estimate of drug-likeness (QED) is 0.133. The lowest BCUT2D eigenvalue weighted by Crippen LogP contribution is -2.30. The first-order chi connectivity index (χ1) is 12.1. The molecule has 0 aromatic heterocycles. The Kier molecular flexibility index (Phi) is 9.38. The van der Waals surface area contributed by atoms with Crippen LogP contribution >= 0.6 is 0 Å². The molecule has 0 atom stereocenters. The number of hydrogen-bond donors (Lipinski definition) is 0. The third kappa shape index (κ3) is 8.79. The highest BCUT2D eigenvalue weighted by atomic mass is 16.7. The highest BCUT2D eigenvalue weighted by Gasteiger charge is 2.32. The lowest BCUT2D eigenvalue weighted by molar-refractivity contribution is -0.743. The molecule has 0 aliphatic carbocycles. The van der Waals surface area contributed by atoms with Gasteiger partial charge in [-0.15, -0.1) is 0 Å². The summed E-state index contributed by atoms with van der Waals surface area (Å²) in [5.74, 6) is -2.30. The number of esters is 2. The van der Waals surface area contributed by atoms with E-state index in [1.165, 1.54) is 0 Å². The zero-order valence-electron chi connectivity index (χ0n) is 12.8. The molecular formula is C10H12N4O12. The smallest absolute Gasteiger partial charge is 0.454 e. The second kappa shape index (κ2) is 10.9. The molecule has 0 rings (SSSR count). The average Bonchev–Trinajstić information content (AvgIpc) is 2.52. The predicted octanol–water partition coefficient (Wildman–Crippen LogP) is -0.832. The van der Waals surface area contributed by atoms with E-state index in [2.05, 4.69) is 9.47 Å². The minimum atomic E-state index is -2.15. The molecule has 0 heterocycles. The Morgan fingerprint density at radius 3 is 1.19 bits per heavy atom. The molecule has 0 aromatic carbocycles. The first-order valence-electron chi connectivity index (χ1n) is 6.61. The lowest BCUT2D eigenvalue weighted by atomic mass is 10.4. The summed E-state index contributed by atoms with van der Waals surface area (Å²) in [6.45, 7) is -1.31. The standard InChI is InChI=1S/C10H12N4O12/c15-9(25-5-3-7(11(17)18)12(19)20)1-2-10(16)26-6-4-8(13(21)22)14(23)24/h1-2,7-8H,3-6H2. The molecule has 26 heavy (non-hydrogen) atoms. The molecule has 0 amide bonds. The van der Waals surface area contributed by atoms with Crippen LogP contribution < -0.4 is 0 Å². The summed E-state index contributed by atoms with van der Waals surface area (Å²) >= 11 is 0. The predicted molar refractivity (Wildman–Crippen MR) is 75.8 cm³/mol. The Morgan fingerprint density at radius 1 is 0.692 bits per heavy atom. The first kappa shape index (κ1) is 22.3. The topological polar surface area (TPSA) is 225 Å². The fourth-order valence-corrected chi connectivity index (χ4v) is 1.34. The van der Waals surface area contributed by atoms with E-state index in [0.29, 0.717) is 12.2 Å². The summed E-state index contributed by atoms with van der Waals surface area (Å²) in [7, 11) is 0. The average molecular weight is 380 g/mol. The van der Waals surface area contributed by atoms with Crippen LogP contribution in [-0.4, -0.2) is 57.2 Å². The van der Waals surface area contributed by atoms with Gasteiger partial charge in [0, 0.05) is 12.2 Å². The van der Waals surface area contributed by atoms with Gasteiger partial charge in [0.15, 0.2) is 0 Å². The third-order valence-electron chi connectivity index (χ3n) is 2.57. The summed E-state index contributed by atoms with van der Waals surface area (Å²) in [5.41, 5.74) is 0. The van der Waals surface area contributed by atoms with Crippen molar-refractivity contribution in [2.24, 2.45) is 0 Å². The number of rotatable bonds is 12. The van der Waals surface area contributed by atoms with E-state index in [-0.39, 0.29) is 0 Å². The molecule has 0 radical (unpaired) electrons. The maximum absolute atomic E-state index is 11.2. The van der Waals surface area contributed by atoms with Crippen LogP contribution in [0.1, 0.15) is 12.8 Å². The minimum absolute atomic E-state index is 0.550. The summed E-state index contributed by atoms with van der Waals surface area (Å²) in [4.78, 5) is 59.1. The van der Waals surface area contributed by atoms with Crippen molar-refractivity contribution >= 4 is 11.9 Å². The van der Waals surface area contributed by atoms with Gasteiger partial charge in [-0.3, -0.25) is 40.5 Å². The van der Waals surface area contributed by atoms with Crippen LogP contribution in [0.3, 0.4) is 0 Å². The number of ether oxygens (including phenoxy) is 2. The van der Waals surface area contributed by atoms with Crippen LogP contribution in [0, 0.1) is 40.5 Å². The number of nitrogens with zero attached hydrogens (tertiary/aromatic N) is 4. The van der Waals surface area contributed by atoms with E-state index in [9.17, 15) is 50.0 Å². The van der Waals surface area contributed by atoms with E-state index < -0.39 is 70.0 Å². The van der Waals surface area contributed by atoms with Crippen molar-refractivity contribution in [1.29, 1.82) is 0 Å². The highest BCUT2D eigenvalue weighted by Crippen LogP contribution is 2.01. The Balaban J connectivity index is 4.22. The van der Waals surface area contributed by atoms with Gasteiger partial charge in [0.2, 0.25) is 0 Å². The van der Waals surface area contributed by atoms with Crippen molar-refractivity contribution in [3.8, 4) is 0 Å². The highest BCUT2D eigenvalue weighted by molar-refractivity contribution is 5.91.